The number of nitrogens with one attached hydrogen (secondary N) is 1. The smallest absolute Gasteiger partial charge is 0.414 e. The normalized spacial score (nSPS) is 21.9. The minimum absolute atomic E-state index is 0.237. The standard InChI is InChI=1S/C15H21N3O2/c16-11-12-3-1-2-4-13(12)18-10-7-15(20-14(18)19)5-8-17-9-6-15/h1-4,17H,5-11,16H2. The zero-order valence-corrected chi connectivity index (χ0v) is 11.6. The first-order valence-corrected chi connectivity index (χ1v) is 7.23. The van der Waals surface area contributed by atoms with E-state index in [1.54, 1.807) is 4.90 Å². The van der Waals surface area contributed by atoms with Crippen molar-refractivity contribution >= 4 is 11.8 Å². The number of ether oxygens (including phenoxy) is 1. The molecule has 0 atom stereocenters. The Balaban J connectivity index is 1.79. The Labute approximate surface area is 119 Å². The molecule has 0 saturated carbocycles. The van der Waals surface area contributed by atoms with Gasteiger partial charge in [-0.3, -0.25) is 4.90 Å². The van der Waals surface area contributed by atoms with E-state index in [1.807, 2.05) is 24.3 Å². The fourth-order valence-electron chi connectivity index (χ4n) is 3.10. The lowest BCUT2D eigenvalue weighted by molar-refractivity contribution is -0.0261. The first-order chi connectivity index (χ1) is 9.74. The van der Waals surface area contributed by atoms with Gasteiger partial charge in [0.25, 0.3) is 0 Å². The fraction of sp³-hybridized carbons (Fsp3) is 0.533. The van der Waals surface area contributed by atoms with Crippen LogP contribution in [0.1, 0.15) is 24.8 Å². The molecule has 1 aromatic carbocycles. The summed E-state index contributed by atoms with van der Waals surface area (Å²) >= 11 is 0. The van der Waals surface area contributed by atoms with Crippen molar-refractivity contribution < 1.29 is 9.53 Å². The maximum Gasteiger partial charge on any atom is 0.414 e. The number of nitrogens with zero attached hydrogens (tertiary/aromatic N) is 1. The lowest BCUT2D eigenvalue weighted by atomic mass is 9.87. The second-order valence-electron chi connectivity index (χ2n) is 5.54. The van der Waals surface area contributed by atoms with Gasteiger partial charge in [-0.15, -0.1) is 0 Å². The summed E-state index contributed by atoms with van der Waals surface area (Å²) in [7, 11) is 0. The van der Waals surface area contributed by atoms with Crippen LogP contribution in [0, 0.1) is 0 Å². The monoisotopic (exact) mass is 275 g/mol. The SMILES string of the molecule is NCc1ccccc1N1CCC2(CCNCC2)OC1=O. The van der Waals surface area contributed by atoms with Gasteiger partial charge in [0.15, 0.2) is 0 Å². The van der Waals surface area contributed by atoms with Gasteiger partial charge in [0.2, 0.25) is 0 Å². The van der Waals surface area contributed by atoms with Crippen LogP contribution in [0.2, 0.25) is 0 Å². The third kappa shape index (κ3) is 2.39. The van der Waals surface area contributed by atoms with E-state index in [9.17, 15) is 4.79 Å². The number of amides is 1. The van der Waals surface area contributed by atoms with E-state index in [1.165, 1.54) is 0 Å². The number of carbonyl (C=O) groups excluding carboxylic acids is 1. The van der Waals surface area contributed by atoms with Crippen molar-refractivity contribution in [3.05, 3.63) is 29.8 Å². The molecule has 3 N–H and O–H groups in total. The molecular weight excluding hydrogens is 254 g/mol. The molecule has 2 aliphatic heterocycles. The van der Waals surface area contributed by atoms with Crippen molar-refractivity contribution in [2.45, 2.75) is 31.4 Å². The van der Waals surface area contributed by atoms with Gasteiger partial charge in [-0.05, 0) is 37.6 Å². The van der Waals surface area contributed by atoms with Crippen LogP contribution < -0.4 is 16.0 Å². The molecular formula is C15H21N3O2. The van der Waals surface area contributed by atoms with Crippen LogP contribution in [0.5, 0.6) is 0 Å². The third-order valence-electron chi connectivity index (χ3n) is 4.33. The molecule has 5 nitrogen and oxygen atoms in total. The molecule has 108 valence electrons. The molecule has 2 heterocycles. The molecule has 2 saturated heterocycles. The van der Waals surface area contributed by atoms with Crippen LogP contribution in [-0.2, 0) is 11.3 Å². The van der Waals surface area contributed by atoms with E-state index in [2.05, 4.69) is 5.32 Å². The predicted octanol–water partition coefficient (Wildman–Crippen LogP) is 1.61. The second kappa shape index (κ2) is 5.42. The summed E-state index contributed by atoms with van der Waals surface area (Å²) in [6.45, 7) is 2.98. The highest BCUT2D eigenvalue weighted by molar-refractivity contribution is 5.89. The van der Waals surface area contributed by atoms with Crippen molar-refractivity contribution in [2.24, 2.45) is 5.73 Å². The summed E-state index contributed by atoms with van der Waals surface area (Å²) in [6, 6.07) is 7.76. The molecule has 0 radical (unpaired) electrons. The van der Waals surface area contributed by atoms with Crippen LogP contribution in [-0.4, -0.2) is 31.3 Å². The first-order valence-electron chi connectivity index (χ1n) is 7.23. The number of hydrogen-bond donors (Lipinski definition) is 2. The maximum atomic E-state index is 12.4. The fourth-order valence-corrected chi connectivity index (χ4v) is 3.10. The van der Waals surface area contributed by atoms with Crippen LogP contribution in [0.3, 0.4) is 0 Å². The molecule has 1 aromatic rings. The summed E-state index contributed by atoms with van der Waals surface area (Å²) in [5, 5.41) is 3.31. The third-order valence-corrected chi connectivity index (χ3v) is 4.33. The summed E-state index contributed by atoms with van der Waals surface area (Å²) in [5.41, 5.74) is 7.35. The molecule has 2 aliphatic rings. The van der Waals surface area contributed by atoms with Crippen molar-refractivity contribution in [2.75, 3.05) is 24.5 Å². The number of para-hydroxylation sites is 1. The van der Waals surface area contributed by atoms with Gasteiger partial charge in [0, 0.05) is 19.5 Å². The number of rotatable bonds is 2. The molecule has 3 rings (SSSR count). The Morgan fingerprint density at radius 1 is 1.25 bits per heavy atom. The highest BCUT2D eigenvalue weighted by Gasteiger charge is 2.42. The van der Waals surface area contributed by atoms with E-state index in [0.717, 1.165) is 43.6 Å². The minimum Gasteiger partial charge on any atom is -0.442 e. The molecule has 1 amide bonds. The quantitative estimate of drug-likeness (QED) is 0.860. The largest absolute Gasteiger partial charge is 0.442 e. The van der Waals surface area contributed by atoms with Gasteiger partial charge in [-0.2, -0.15) is 0 Å². The lowest BCUT2D eigenvalue weighted by Crippen LogP contribution is -2.54. The highest BCUT2D eigenvalue weighted by atomic mass is 16.6. The first kappa shape index (κ1) is 13.4. The Bertz CT molecular complexity index is 498. The summed E-state index contributed by atoms with van der Waals surface area (Å²) < 4.78 is 5.79. The average Bonchev–Trinajstić information content (AvgIpc) is 2.48. The van der Waals surface area contributed by atoms with Gasteiger partial charge in [-0.25, -0.2) is 4.79 Å². The Morgan fingerprint density at radius 3 is 2.70 bits per heavy atom. The lowest BCUT2D eigenvalue weighted by Gasteiger charge is -2.43. The molecule has 20 heavy (non-hydrogen) atoms. The van der Waals surface area contributed by atoms with Gasteiger partial charge < -0.3 is 15.8 Å². The Hall–Kier alpha value is -1.59. The van der Waals surface area contributed by atoms with Gasteiger partial charge in [-0.1, -0.05) is 18.2 Å². The Morgan fingerprint density at radius 2 is 2.00 bits per heavy atom. The molecule has 2 fully saturated rings. The summed E-state index contributed by atoms with van der Waals surface area (Å²) in [6.07, 6.45) is 2.47. The van der Waals surface area contributed by atoms with E-state index in [-0.39, 0.29) is 11.7 Å². The van der Waals surface area contributed by atoms with Crippen LogP contribution >= 0.6 is 0 Å². The Kier molecular flexibility index (Phi) is 3.63. The van der Waals surface area contributed by atoms with Crippen LogP contribution in [0.4, 0.5) is 10.5 Å². The average molecular weight is 275 g/mol. The van der Waals surface area contributed by atoms with Crippen molar-refractivity contribution in [1.82, 2.24) is 5.32 Å². The topological polar surface area (TPSA) is 67.6 Å². The number of carbonyl (C=O) groups is 1. The zero-order valence-electron chi connectivity index (χ0n) is 11.6. The molecule has 0 aromatic heterocycles. The second-order valence-corrected chi connectivity index (χ2v) is 5.54. The maximum absolute atomic E-state index is 12.4. The van der Waals surface area contributed by atoms with Crippen molar-refractivity contribution in [3.8, 4) is 0 Å². The number of piperidine rings is 1. The minimum atomic E-state index is -0.253. The van der Waals surface area contributed by atoms with E-state index < -0.39 is 0 Å². The zero-order chi connectivity index (χ0) is 14.0. The molecule has 0 bridgehead atoms. The van der Waals surface area contributed by atoms with Crippen LogP contribution in [0.15, 0.2) is 24.3 Å². The molecule has 0 aliphatic carbocycles. The van der Waals surface area contributed by atoms with Crippen LogP contribution in [0.25, 0.3) is 0 Å². The van der Waals surface area contributed by atoms with E-state index >= 15 is 0 Å². The van der Waals surface area contributed by atoms with Gasteiger partial charge in [0.1, 0.15) is 5.60 Å². The number of hydrogen-bond acceptors (Lipinski definition) is 4. The summed E-state index contributed by atoms with van der Waals surface area (Å²) in [4.78, 5) is 14.1. The predicted molar refractivity (Wildman–Crippen MR) is 77.6 cm³/mol. The number of anilines is 1. The van der Waals surface area contributed by atoms with Crippen molar-refractivity contribution in [1.29, 1.82) is 0 Å². The van der Waals surface area contributed by atoms with E-state index in [4.69, 9.17) is 10.5 Å². The molecule has 0 unspecified atom stereocenters. The number of benzene rings is 1. The van der Waals surface area contributed by atoms with Gasteiger partial charge >= 0.3 is 6.09 Å². The molecule has 1 spiro atoms. The van der Waals surface area contributed by atoms with Crippen molar-refractivity contribution in [3.63, 3.8) is 0 Å². The molecule has 5 heteroatoms. The highest BCUT2D eigenvalue weighted by Crippen LogP contribution is 2.34. The van der Waals surface area contributed by atoms with Gasteiger partial charge in [0.05, 0.1) is 5.69 Å². The summed E-state index contributed by atoms with van der Waals surface area (Å²) in [5.74, 6) is 0. The number of nitrogens with two attached hydrogens (primary N) is 1. The van der Waals surface area contributed by atoms with E-state index in [0.29, 0.717) is 13.1 Å².